The second kappa shape index (κ2) is 9.28. The van der Waals surface area contributed by atoms with Crippen LogP contribution >= 0.6 is 0 Å². The van der Waals surface area contributed by atoms with E-state index in [1.54, 1.807) is 4.90 Å². The fourth-order valence-electron chi connectivity index (χ4n) is 4.10. The highest BCUT2D eigenvalue weighted by atomic mass is 19.4. The number of fused-ring (bicyclic) bond motifs is 2. The minimum atomic E-state index is -4.45. The van der Waals surface area contributed by atoms with Gasteiger partial charge in [-0.05, 0) is 32.3 Å². The number of carbonyl (C=O) groups is 1. The molecule has 1 unspecified atom stereocenters. The number of aromatic nitrogens is 3. The maximum Gasteiger partial charge on any atom is 0.417 e. The van der Waals surface area contributed by atoms with E-state index in [-0.39, 0.29) is 6.04 Å². The molecule has 9 heteroatoms. The monoisotopic (exact) mass is 437 g/mol. The SMILES string of the molecule is CC.CCC(C)n1nc(N2CCCc3ncc(C(F)(F)F)cc32)c2c1CCN(C=O)C2. The number of pyridine rings is 1. The summed E-state index contributed by atoms with van der Waals surface area (Å²) >= 11 is 0. The van der Waals surface area contributed by atoms with Crippen molar-refractivity contribution >= 4 is 17.9 Å². The lowest BCUT2D eigenvalue weighted by atomic mass is 10.0. The number of halogens is 3. The highest BCUT2D eigenvalue weighted by Gasteiger charge is 2.35. The van der Waals surface area contributed by atoms with E-state index in [4.69, 9.17) is 5.10 Å². The summed E-state index contributed by atoms with van der Waals surface area (Å²) in [5.74, 6) is 0.647. The van der Waals surface area contributed by atoms with E-state index in [1.807, 2.05) is 23.4 Å². The Morgan fingerprint density at radius 2 is 1.97 bits per heavy atom. The predicted octanol–water partition coefficient (Wildman–Crippen LogP) is 4.89. The summed E-state index contributed by atoms with van der Waals surface area (Å²) in [4.78, 5) is 19.0. The zero-order chi connectivity index (χ0) is 22.8. The average Bonchev–Trinajstić information content (AvgIpc) is 3.17. The van der Waals surface area contributed by atoms with Crippen LogP contribution < -0.4 is 4.90 Å². The van der Waals surface area contributed by atoms with Crippen molar-refractivity contribution in [3.63, 3.8) is 0 Å². The van der Waals surface area contributed by atoms with E-state index in [0.717, 1.165) is 36.7 Å². The maximum atomic E-state index is 13.3. The second-order valence-corrected chi connectivity index (χ2v) is 7.72. The van der Waals surface area contributed by atoms with Crippen molar-refractivity contribution in [1.29, 1.82) is 0 Å². The Morgan fingerprint density at radius 1 is 1.23 bits per heavy atom. The van der Waals surface area contributed by atoms with Gasteiger partial charge in [-0.1, -0.05) is 20.8 Å². The highest BCUT2D eigenvalue weighted by molar-refractivity contribution is 5.68. The number of carbonyl (C=O) groups excluding carboxylic acids is 1. The van der Waals surface area contributed by atoms with E-state index in [2.05, 4.69) is 18.8 Å². The number of hydrogen-bond donors (Lipinski definition) is 0. The molecule has 4 rings (SSSR count). The molecule has 0 saturated carbocycles. The van der Waals surface area contributed by atoms with Crippen LogP contribution in [0.4, 0.5) is 24.7 Å². The number of nitrogens with zero attached hydrogens (tertiary/aromatic N) is 5. The molecular formula is C22H30F3N5O. The maximum absolute atomic E-state index is 13.3. The van der Waals surface area contributed by atoms with Gasteiger partial charge in [0, 0.05) is 43.0 Å². The molecule has 0 aliphatic carbocycles. The summed E-state index contributed by atoms with van der Waals surface area (Å²) in [5.41, 5.74) is 2.35. The van der Waals surface area contributed by atoms with Gasteiger partial charge in [-0.2, -0.15) is 18.3 Å². The molecule has 170 valence electrons. The first kappa shape index (κ1) is 23.1. The van der Waals surface area contributed by atoms with Crippen molar-refractivity contribution in [2.45, 2.75) is 72.1 Å². The lowest BCUT2D eigenvalue weighted by Crippen LogP contribution is -2.32. The Morgan fingerprint density at radius 3 is 2.61 bits per heavy atom. The molecule has 2 aromatic heterocycles. The molecule has 6 nitrogen and oxygen atoms in total. The molecule has 31 heavy (non-hydrogen) atoms. The lowest BCUT2D eigenvalue weighted by molar-refractivity contribution is -0.137. The van der Waals surface area contributed by atoms with Crippen molar-refractivity contribution in [2.75, 3.05) is 18.0 Å². The molecule has 1 amide bonds. The quantitative estimate of drug-likeness (QED) is 0.639. The van der Waals surface area contributed by atoms with Crippen molar-refractivity contribution < 1.29 is 18.0 Å². The summed E-state index contributed by atoms with van der Waals surface area (Å²) in [6.07, 6.45) is 0.278. The molecule has 2 aliphatic heterocycles. The zero-order valence-electron chi connectivity index (χ0n) is 18.5. The minimum absolute atomic E-state index is 0.171. The van der Waals surface area contributed by atoms with Crippen LogP contribution in [0.25, 0.3) is 0 Å². The smallest absolute Gasteiger partial charge is 0.340 e. The summed E-state index contributed by atoms with van der Waals surface area (Å²) < 4.78 is 41.9. The van der Waals surface area contributed by atoms with Gasteiger partial charge in [-0.15, -0.1) is 0 Å². The van der Waals surface area contributed by atoms with Crippen LogP contribution in [0.15, 0.2) is 12.3 Å². The van der Waals surface area contributed by atoms with E-state index < -0.39 is 11.7 Å². The highest BCUT2D eigenvalue weighted by Crippen LogP contribution is 2.40. The van der Waals surface area contributed by atoms with Crippen LogP contribution in [0.1, 0.15) is 69.1 Å². The summed E-state index contributed by atoms with van der Waals surface area (Å²) in [6.45, 7) is 9.77. The van der Waals surface area contributed by atoms with Gasteiger partial charge in [0.2, 0.25) is 6.41 Å². The molecule has 0 saturated heterocycles. The number of amides is 1. The largest absolute Gasteiger partial charge is 0.417 e. The standard InChI is InChI=1S/C20H24F3N5O.C2H6/c1-3-13(2)28-17-6-8-26(12-29)11-15(17)19(25-28)27-7-4-5-16-18(27)9-14(10-24-16)20(21,22)23;1-2/h9-10,12-13H,3-8,11H2,1-2H3;1-2H3. The third kappa shape index (κ3) is 4.41. The van der Waals surface area contributed by atoms with Gasteiger partial charge < -0.3 is 9.80 Å². The first-order chi connectivity index (χ1) is 14.8. The van der Waals surface area contributed by atoms with Gasteiger partial charge >= 0.3 is 6.18 Å². The third-order valence-corrected chi connectivity index (χ3v) is 5.87. The van der Waals surface area contributed by atoms with E-state index in [9.17, 15) is 18.0 Å². The Bertz CT molecular complexity index is 925. The molecule has 0 spiro atoms. The molecule has 0 radical (unpaired) electrons. The fraction of sp³-hybridized carbons (Fsp3) is 0.591. The fourth-order valence-corrected chi connectivity index (χ4v) is 4.10. The van der Waals surface area contributed by atoms with Crippen LogP contribution in [0, 0.1) is 0 Å². The van der Waals surface area contributed by atoms with Gasteiger partial charge in [-0.25, -0.2) is 0 Å². The molecule has 0 fully saturated rings. The van der Waals surface area contributed by atoms with Gasteiger partial charge in [0.05, 0.1) is 23.5 Å². The molecule has 0 N–H and O–H groups in total. The van der Waals surface area contributed by atoms with Crippen molar-refractivity contribution in [3.05, 3.63) is 34.8 Å². The van der Waals surface area contributed by atoms with E-state index >= 15 is 0 Å². The second-order valence-electron chi connectivity index (χ2n) is 7.72. The topological polar surface area (TPSA) is 54.3 Å². The van der Waals surface area contributed by atoms with Gasteiger partial charge in [0.25, 0.3) is 0 Å². The van der Waals surface area contributed by atoms with Crippen LogP contribution in [-0.4, -0.2) is 39.2 Å². The number of aryl methyl sites for hydroxylation is 1. The van der Waals surface area contributed by atoms with Crippen LogP contribution in [0.2, 0.25) is 0 Å². The van der Waals surface area contributed by atoms with Crippen LogP contribution in [0.5, 0.6) is 0 Å². The van der Waals surface area contributed by atoms with E-state index in [1.165, 1.54) is 6.07 Å². The summed E-state index contributed by atoms with van der Waals surface area (Å²) in [5, 5.41) is 4.84. The van der Waals surface area contributed by atoms with Crippen molar-refractivity contribution in [1.82, 2.24) is 19.7 Å². The van der Waals surface area contributed by atoms with Gasteiger partial charge in [0.1, 0.15) is 0 Å². The van der Waals surface area contributed by atoms with Crippen LogP contribution in [-0.2, 0) is 30.4 Å². The number of anilines is 2. The predicted molar refractivity (Wildman–Crippen MR) is 113 cm³/mol. The first-order valence-electron chi connectivity index (χ1n) is 11.0. The molecule has 1 atom stereocenters. The Kier molecular flexibility index (Phi) is 6.91. The van der Waals surface area contributed by atoms with Crippen molar-refractivity contribution in [3.8, 4) is 0 Å². The molecule has 4 heterocycles. The molecule has 0 aromatic carbocycles. The Balaban J connectivity index is 0.00000132. The molecule has 2 aliphatic rings. The summed E-state index contributed by atoms with van der Waals surface area (Å²) in [7, 11) is 0. The normalized spacial score (nSPS) is 16.7. The first-order valence-corrected chi connectivity index (χ1v) is 11.0. The summed E-state index contributed by atoms with van der Waals surface area (Å²) in [6, 6.07) is 1.35. The lowest BCUT2D eigenvalue weighted by Gasteiger charge is -2.31. The Labute approximate surface area is 181 Å². The molecule has 2 aromatic rings. The van der Waals surface area contributed by atoms with E-state index in [0.29, 0.717) is 49.7 Å². The number of rotatable bonds is 4. The van der Waals surface area contributed by atoms with Crippen LogP contribution in [0.3, 0.4) is 0 Å². The Hall–Kier alpha value is -2.58. The average molecular weight is 438 g/mol. The van der Waals surface area contributed by atoms with Gasteiger partial charge in [0.15, 0.2) is 5.82 Å². The minimum Gasteiger partial charge on any atom is -0.340 e. The molecular weight excluding hydrogens is 407 g/mol. The number of alkyl halides is 3. The zero-order valence-corrected chi connectivity index (χ0v) is 18.5. The van der Waals surface area contributed by atoms with Crippen molar-refractivity contribution in [2.24, 2.45) is 0 Å². The molecule has 0 bridgehead atoms. The number of hydrogen-bond acceptors (Lipinski definition) is 4. The third-order valence-electron chi connectivity index (χ3n) is 5.87. The van der Waals surface area contributed by atoms with Gasteiger partial charge in [-0.3, -0.25) is 14.5 Å².